The van der Waals surface area contributed by atoms with Crippen LogP contribution >= 0.6 is 7.26 Å². The summed E-state index contributed by atoms with van der Waals surface area (Å²) in [6.45, 7) is 7.12. The van der Waals surface area contributed by atoms with Crippen molar-refractivity contribution in [3.05, 3.63) is 35.9 Å². The molecule has 0 N–H and O–H groups in total. The van der Waals surface area contributed by atoms with E-state index in [1.807, 2.05) is 0 Å². The molecule has 92 valence electrons. The highest BCUT2D eigenvalue weighted by Crippen LogP contribution is 2.49. The molecule has 0 heterocycles. The molecule has 3 nitrogen and oxygen atoms in total. The van der Waals surface area contributed by atoms with Gasteiger partial charge in [-0.25, -0.2) is 8.42 Å². The number of hydrogen-bond acceptors (Lipinski definition) is 3. The van der Waals surface area contributed by atoms with E-state index in [-0.39, 0.29) is 0 Å². The van der Waals surface area contributed by atoms with E-state index in [2.05, 4.69) is 50.3 Å². The summed E-state index contributed by atoms with van der Waals surface area (Å²) in [6, 6.07) is 10.7. The third kappa shape index (κ3) is 13.5. The summed E-state index contributed by atoms with van der Waals surface area (Å²) in [5, 5.41) is 0. The largest absolute Gasteiger partial charge is 0.722 e. The predicted octanol–water partition coefficient (Wildman–Crippen LogP) is 2.51. The summed E-state index contributed by atoms with van der Waals surface area (Å²) in [5.74, 6) is 0. The van der Waals surface area contributed by atoms with Crippen LogP contribution in [0.25, 0.3) is 0 Å². The van der Waals surface area contributed by atoms with Crippen LogP contribution in [0.1, 0.15) is 5.56 Å². The number of benzene rings is 1. The topological polar surface area (TPSA) is 57.2 Å². The van der Waals surface area contributed by atoms with Crippen molar-refractivity contribution in [2.75, 3.05) is 20.0 Å². The second kappa shape index (κ2) is 6.28. The Morgan fingerprint density at radius 1 is 1.19 bits per heavy atom. The first kappa shape index (κ1) is 15.5. The van der Waals surface area contributed by atoms with Crippen molar-refractivity contribution < 1.29 is 16.9 Å². The van der Waals surface area contributed by atoms with Gasteiger partial charge < -0.3 is 4.55 Å². The quantitative estimate of drug-likeness (QED) is 0.469. The third-order valence-corrected chi connectivity index (χ3v) is 2.81. The minimum Gasteiger partial charge on any atom is -0.722 e. The van der Waals surface area contributed by atoms with E-state index in [1.54, 1.807) is 0 Å². The molecule has 0 unspecified atom stereocenters. The molecule has 0 saturated carbocycles. The van der Waals surface area contributed by atoms with E-state index >= 15 is 0 Å². The predicted molar refractivity (Wildman–Crippen MR) is 65.6 cm³/mol. The molecule has 0 atom stereocenters. The fraction of sp³-hybridized carbons (Fsp3) is 0.400. The van der Waals surface area contributed by atoms with Crippen LogP contribution in [0.4, 0.5) is 3.89 Å². The van der Waals surface area contributed by atoms with E-state index in [9.17, 15) is 3.89 Å². The Labute approximate surface area is 97.1 Å². The Morgan fingerprint density at radius 2 is 1.56 bits per heavy atom. The van der Waals surface area contributed by atoms with Gasteiger partial charge in [-0.2, -0.15) is 0 Å². The van der Waals surface area contributed by atoms with Gasteiger partial charge in [0, 0.05) is 27.3 Å². The lowest BCUT2D eigenvalue weighted by Gasteiger charge is -2.10. The minimum atomic E-state index is -5.42. The van der Waals surface area contributed by atoms with E-state index < -0.39 is 17.8 Å². The van der Waals surface area contributed by atoms with Crippen LogP contribution < -0.4 is 0 Å². The van der Waals surface area contributed by atoms with Crippen molar-refractivity contribution in [1.29, 1.82) is 0 Å². The Balaban J connectivity index is 0.000000385. The van der Waals surface area contributed by atoms with Gasteiger partial charge in [-0.3, -0.25) is 0 Å². The summed E-state index contributed by atoms with van der Waals surface area (Å²) in [7, 11) is -6.05. The van der Waals surface area contributed by atoms with E-state index in [4.69, 9.17) is 13.0 Å². The van der Waals surface area contributed by atoms with E-state index in [0.717, 1.165) is 0 Å². The standard InChI is InChI=1S/C10H16P.FHO3S/c1-11(2,3)9-10-7-5-4-6-8-10;1-5(2,3)4/h4-8H,9H2,1-3H3;(H,2,3,4)/q+1;/p-1. The Bertz CT molecular complexity index is 390. The average molecular weight is 266 g/mol. The molecule has 0 aliphatic carbocycles. The minimum absolute atomic E-state index is 0.638. The van der Waals surface area contributed by atoms with Gasteiger partial charge in [-0.15, -0.1) is 3.89 Å². The zero-order valence-electron chi connectivity index (χ0n) is 9.55. The van der Waals surface area contributed by atoms with Crippen molar-refractivity contribution >= 4 is 17.8 Å². The number of halogens is 1. The van der Waals surface area contributed by atoms with Crippen molar-refractivity contribution in [3.8, 4) is 0 Å². The molecule has 0 saturated heterocycles. The summed E-state index contributed by atoms with van der Waals surface area (Å²) in [4.78, 5) is 0. The Kier molecular flexibility index (Phi) is 6.08. The van der Waals surface area contributed by atoms with E-state index in [1.165, 1.54) is 11.7 Å². The molecule has 1 aromatic rings. The molecule has 0 radical (unpaired) electrons. The molecule has 6 heteroatoms. The molecular weight excluding hydrogens is 250 g/mol. The van der Waals surface area contributed by atoms with Crippen molar-refractivity contribution in [1.82, 2.24) is 0 Å². The molecule has 0 fully saturated rings. The maximum atomic E-state index is 10.1. The fourth-order valence-corrected chi connectivity index (χ4v) is 2.44. The molecule has 0 amide bonds. The Hall–Kier alpha value is -0.510. The van der Waals surface area contributed by atoms with Crippen molar-refractivity contribution in [2.24, 2.45) is 0 Å². The number of hydrogen-bond donors (Lipinski definition) is 0. The summed E-state index contributed by atoms with van der Waals surface area (Å²) < 4.78 is 35.3. The van der Waals surface area contributed by atoms with Crippen molar-refractivity contribution in [2.45, 2.75) is 6.16 Å². The lowest BCUT2D eigenvalue weighted by molar-refractivity contribution is 0.417. The SMILES string of the molecule is C[P+](C)(C)Cc1ccccc1.O=S(=O)([O-])F. The molecular formula is C10H16FO3PS. The molecule has 0 aliphatic heterocycles. The van der Waals surface area contributed by atoms with Gasteiger partial charge in [-0.1, -0.05) is 30.3 Å². The van der Waals surface area contributed by atoms with Gasteiger partial charge in [-0.05, 0) is 5.56 Å². The lowest BCUT2D eigenvalue weighted by Crippen LogP contribution is -1.90. The van der Waals surface area contributed by atoms with Crippen LogP contribution in [0.5, 0.6) is 0 Å². The third-order valence-electron chi connectivity index (χ3n) is 1.50. The maximum absolute atomic E-state index is 10.1. The monoisotopic (exact) mass is 266 g/mol. The first-order valence-corrected chi connectivity index (χ1v) is 9.20. The molecule has 0 aliphatic rings. The zero-order chi connectivity index (χ0) is 12.8. The van der Waals surface area contributed by atoms with Crippen LogP contribution in [-0.2, 0) is 16.7 Å². The van der Waals surface area contributed by atoms with Crippen LogP contribution in [0.2, 0.25) is 0 Å². The van der Waals surface area contributed by atoms with Crippen LogP contribution in [0, 0.1) is 0 Å². The van der Waals surface area contributed by atoms with Crippen molar-refractivity contribution in [3.63, 3.8) is 0 Å². The van der Waals surface area contributed by atoms with Gasteiger partial charge >= 0.3 is 0 Å². The summed E-state index contributed by atoms with van der Waals surface area (Å²) in [6.07, 6.45) is 1.27. The Morgan fingerprint density at radius 3 is 1.88 bits per heavy atom. The molecule has 1 aromatic carbocycles. The highest BCUT2D eigenvalue weighted by Gasteiger charge is 2.16. The van der Waals surface area contributed by atoms with Crippen LogP contribution in [0.15, 0.2) is 30.3 Å². The molecule has 0 spiro atoms. The van der Waals surface area contributed by atoms with Gasteiger partial charge in [0.15, 0.2) is 0 Å². The number of rotatable bonds is 2. The fourth-order valence-electron chi connectivity index (χ4n) is 1.13. The second-order valence-electron chi connectivity index (χ2n) is 4.33. The van der Waals surface area contributed by atoms with Crippen LogP contribution in [-0.4, -0.2) is 33.0 Å². The second-order valence-corrected chi connectivity index (χ2v) is 10.0. The molecule has 1 rings (SSSR count). The summed E-state index contributed by atoms with van der Waals surface area (Å²) in [5.41, 5.74) is 1.48. The first-order valence-electron chi connectivity index (χ1n) is 4.58. The van der Waals surface area contributed by atoms with E-state index in [0.29, 0.717) is 0 Å². The normalized spacial score (nSPS) is 11.6. The highest BCUT2D eigenvalue weighted by molar-refractivity contribution is 7.80. The molecule has 0 bridgehead atoms. The van der Waals surface area contributed by atoms with Gasteiger partial charge in [0.25, 0.3) is 10.5 Å². The van der Waals surface area contributed by atoms with Gasteiger partial charge in [0.2, 0.25) is 0 Å². The first-order chi connectivity index (χ1) is 7.08. The maximum Gasteiger partial charge on any atom is 0.255 e. The molecule has 16 heavy (non-hydrogen) atoms. The van der Waals surface area contributed by atoms with Gasteiger partial charge in [0.05, 0.1) is 6.16 Å². The van der Waals surface area contributed by atoms with Crippen LogP contribution in [0.3, 0.4) is 0 Å². The smallest absolute Gasteiger partial charge is 0.255 e. The average Bonchev–Trinajstić information content (AvgIpc) is 1.99. The lowest BCUT2D eigenvalue weighted by atomic mass is 10.2. The summed E-state index contributed by atoms with van der Waals surface area (Å²) >= 11 is 0. The van der Waals surface area contributed by atoms with Gasteiger partial charge in [0.1, 0.15) is 0 Å². The zero-order valence-corrected chi connectivity index (χ0v) is 11.3. The highest BCUT2D eigenvalue weighted by atomic mass is 32.3. The molecule has 0 aromatic heterocycles.